The Balaban J connectivity index is 3.19. The molecule has 0 radical (unpaired) electrons. The van der Waals surface area contributed by atoms with E-state index in [4.69, 9.17) is 0 Å². The van der Waals surface area contributed by atoms with Gasteiger partial charge in [0.1, 0.15) is 0 Å². The van der Waals surface area contributed by atoms with Gasteiger partial charge in [-0.2, -0.15) is 13.2 Å². The first-order valence-electron chi connectivity index (χ1n) is 3.40. The fraction of sp³-hybridized carbons (Fsp3) is 0.429. The molecule has 0 N–H and O–H groups in total. The topological polar surface area (TPSA) is 35.0 Å². The van der Waals surface area contributed by atoms with Gasteiger partial charge >= 0.3 is 6.18 Å². The van der Waals surface area contributed by atoms with Crippen LogP contribution in [0.5, 0.6) is 5.88 Å². The van der Waals surface area contributed by atoms with E-state index in [0.717, 1.165) is 6.20 Å². The molecule has 0 amide bonds. The van der Waals surface area contributed by atoms with E-state index in [1.807, 2.05) is 0 Å². The number of hydrogen-bond donors (Lipinski definition) is 0. The van der Waals surface area contributed by atoms with Gasteiger partial charge in [-0.05, 0) is 6.92 Å². The lowest BCUT2D eigenvalue weighted by atomic mass is 10.3. The Morgan fingerprint density at radius 3 is 2.46 bits per heavy atom. The van der Waals surface area contributed by atoms with Crippen LogP contribution in [-0.4, -0.2) is 17.1 Å². The molecule has 0 atom stereocenters. The highest BCUT2D eigenvalue weighted by Crippen LogP contribution is 2.30. The van der Waals surface area contributed by atoms with Crippen LogP contribution >= 0.6 is 0 Å². The molecular formula is C7H7F3N2O. The van der Waals surface area contributed by atoms with Gasteiger partial charge in [0.05, 0.1) is 19.0 Å². The predicted octanol–water partition coefficient (Wildman–Crippen LogP) is 1.81. The van der Waals surface area contributed by atoms with Crippen molar-refractivity contribution in [1.82, 2.24) is 9.97 Å². The van der Waals surface area contributed by atoms with Crippen molar-refractivity contribution in [3.8, 4) is 5.88 Å². The molecule has 0 aliphatic heterocycles. The molecule has 1 aromatic rings. The first-order valence-corrected chi connectivity index (χ1v) is 3.40. The van der Waals surface area contributed by atoms with Crippen LogP contribution in [0.25, 0.3) is 0 Å². The molecule has 13 heavy (non-hydrogen) atoms. The fourth-order valence-electron chi connectivity index (χ4n) is 0.800. The third-order valence-corrected chi connectivity index (χ3v) is 1.41. The number of nitrogens with zero attached hydrogens (tertiary/aromatic N) is 2. The molecule has 1 rings (SSSR count). The first kappa shape index (κ1) is 9.76. The van der Waals surface area contributed by atoms with Gasteiger partial charge in [-0.25, -0.2) is 4.98 Å². The molecule has 1 aromatic heterocycles. The molecular weight excluding hydrogens is 185 g/mol. The van der Waals surface area contributed by atoms with Gasteiger partial charge in [-0.1, -0.05) is 0 Å². The summed E-state index contributed by atoms with van der Waals surface area (Å²) in [5, 5.41) is 0. The van der Waals surface area contributed by atoms with Gasteiger partial charge in [0, 0.05) is 0 Å². The van der Waals surface area contributed by atoms with E-state index in [9.17, 15) is 13.2 Å². The van der Waals surface area contributed by atoms with Crippen LogP contribution in [0.15, 0.2) is 6.20 Å². The van der Waals surface area contributed by atoms with Crippen molar-refractivity contribution in [3.63, 3.8) is 0 Å². The zero-order chi connectivity index (χ0) is 10.1. The SMILES string of the molecule is COc1cnc(C)c(C(F)(F)F)n1. The lowest BCUT2D eigenvalue weighted by Crippen LogP contribution is -2.12. The Bertz CT molecular complexity index is 311. The molecule has 0 spiro atoms. The molecule has 0 unspecified atom stereocenters. The van der Waals surface area contributed by atoms with Gasteiger partial charge in [0.25, 0.3) is 0 Å². The van der Waals surface area contributed by atoms with Gasteiger partial charge < -0.3 is 4.74 Å². The summed E-state index contributed by atoms with van der Waals surface area (Å²) in [6.07, 6.45) is -3.34. The summed E-state index contributed by atoms with van der Waals surface area (Å²) < 4.78 is 41.2. The van der Waals surface area contributed by atoms with Gasteiger partial charge in [0.2, 0.25) is 5.88 Å². The highest BCUT2D eigenvalue weighted by molar-refractivity contribution is 5.18. The minimum Gasteiger partial charge on any atom is -0.480 e. The number of methoxy groups -OCH3 is 1. The van der Waals surface area contributed by atoms with E-state index < -0.39 is 11.9 Å². The van der Waals surface area contributed by atoms with Gasteiger partial charge in [-0.3, -0.25) is 4.98 Å². The molecule has 0 aromatic carbocycles. The number of ether oxygens (including phenoxy) is 1. The van der Waals surface area contributed by atoms with E-state index in [-0.39, 0.29) is 11.6 Å². The van der Waals surface area contributed by atoms with E-state index >= 15 is 0 Å². The smallest absolute Gasteiger partial charge is 0.435 e. The molecule has 1 heterocycles. The molecule has 0 aliphatic carbocycles. The predicted molar refractivity (Wildman–Crippen MR) is 38.3 cm³/mol. The third-order valence-electron chi connectivity index (χ3n) is 1.41. The molecule has 6 heteroatoms. The second kappa shape index (κ2) is 3.20. The largest absolute Gasteiger partial charge is 0.480 e. The Labute approximate surface area is 72.6 Å². The van der Waals surface area contributed by atoms with E-state index in [1.54, 1.807) is 0 Å². The highest BCUT2D eigenvalue weighted by Gasteiger charge is 2.35. The number of aryl methyl sites for hydroxylation is 1. The highest BCUT2D eigenvalue weighted by atomic mass is 19.4. The second-order valence-electron chi connectivity index (χ2n) is 2.34. The minimum absolute atomic E-state index is 0.141. The van der Waals surface area contributed by atoms with Crippen molar-refractivity contribution >= 4 is 0 Å². The Morgan fingerprint density at radius 1 is 1.38 bits per heavy atom. The van der Waals surface area contributed by atoms with Crippen LogP contribution < -0.4 is 4.74 Å². The Kier molecular flexibility index (Phi) is 2.40. The van der Waals surface area contributed by atoms with E-state index in [1.165, 1.54) is 14.0 Å². The maximum absolute atomic E-state index is 12.2. The van der Waals surface area contributed by atoms with Crippen molar-refractivity contribution in [3.05, 3.63) is 17.6 Å². The number of rotatable bonds is 1. The number of alkyl halides is 3. The van der Waals surface area contributed by atoms with E-state index in [2.05, 4.69) is 14.7 Å². The second-order valence-corrected chi connectivity index (χ2v) is 2.34. The molecule has 0 saturated carbocycles. The van der Waals surface area contributed by atoms with Gasteiger partial charge in [0.15, 0.2) is 5.69 Å². The maximum atomic E-state index is 12.2. The summed E-state index contributed by atoms with van der Waals surface area (Å²) in [6.45, 7) is 1.25. The van der Waals surface area contributed by atoms with Crippen LogP contribution in [0.1, 0.15) is 11.4 Å². The Hall–Kier alpha value is -1.33. The molecule has 72 valence electrons. The van der Waals surface area contributed by atoms with Crippen molar-refractivity contribution in [1.29, 1.82) is 0 Å². The normalized spacial score (nSPS) is 11.5. The number of halogens is 3. The zero-order valence-electron chi connectivity index (χ0n) is 7.01. The monoisotopic (exact) mass is 192 g/mol. The summed E-state index contributed by atoms with van der Waals surface area (Å²) in [4.78, 5) is 6.76. The fourth-order valence-corrected chi connectivity index (χ4v) is 0.800. The Morgan fingerprint density at radius 2 is 2.00 bits per heavy atom. The van der Waals surface area contributed by atoms with E-state index in [0.29, 0.717) is 0 Å². The van der Waals surface area contributed by atoms with Crippen LogP contribution in [0.2, 0.25) is 0 Å². The summed E-state index contributed by atoms with van der Waals surface area (Å²) in [6, 6.07) is 0. The summed E-state index contributed by atoms with van der Waals surface area (Å²) in [7, 11) is 1.24. The van der Waals surface area contributed by atoms with Crippen molar-refractivity contribution in [2.45, 2.75) is 13.1 Å². The molecule has 0 saturated heterocycles. The molecule has 0 bridgehead atoms. The lowest BCUT2D eigenvalue weighted by Gasteiger charge is -2.08. The summed E-state index contributed by atoms with van der Waals surface area (Å²) in [5.74, 6) is -0.141. The average Bonchev–Trinajstić information content (AvgIpc) is 2.03. The molecule has 3 nitrogen and oxygen atoms in total. The van der Waals surface area contributed by atoms with Crippen LogP contribution in [0.4, 0.5) is 13.2 Å². The maximum Gasteiger partial charge on any atom is 0.435 e. The van der Waals surface area contributed by atoms with Crippen LogP contribution in [0, 0.1) is 6.92 Å². The minimum atomic E-state index is -4.48. The number of hydrogen-bond acceptors (Lipinski definition) is 3. The summed E-state index contributed by atoms with van der Waals surface area (Å²) in [5.41, 5.74) is -1.17. The summed E-state index contributed by atoms with van der Waals surface area (Å²) >= 11 is 0. The van der Waals surface area contributed by atoms with Crippen LogP contribution in [0.3, 0.4) is 0 Å². The van der Waals surface area contributed by atoms with Crippen LogP contribution in [-0.2, 0) is 6.18 Å². The lowest BCUT2D eigenvalue weighted by molar-refractivity contribution is -0.142. The average molecular weight is 192 g/mol. The van der Waals surface area contributed by atoms with Gasteiger partial charge in [-0.15, -0.1) is 0 Å². The quantitative estimate of drug-likeness (QED) is 0.680. The molecule has 0 aliphatic rings. The zero-order valence-corrected chi connectivity index (χ0v) is 7.01. The van der Waals surface area contributed by atoms with Crippen molar-refractivity contribution < 1.29 is 17.9 Å². The van der Waals surface area contributed by atoms with Crippen molar-refractivity contribution in [2.24, 2.45) is 0 Å². The van der Waals surface area contributed by atoms with Crippen molar-refractivity contribution in [2.75, 3.05) is 7.11 Å². The number of aromatic nitrogens is 2. The molecule has 0 fully saturated rings. The standard InChI is InChI=1S/C7H7F3N2O/c1-4-6(7(8,9)10)12-5(13-2)3-11-4/h3H,1-2H3. The first-order chi connectivity index (χ1) is 5.95. The third kappa shape index (κ3) is 2.07.